The molecule has 0 bridgehead atoms. The van der Waals surface area contributed by atoms with Crippen LogP contribution in [0.4, 0.5) is 4.79 Å². The fourth-order valence-electron chi connectivity index (χ4n) is 3.32. The van der Waals surface area contributed by atoms with Gasteiger partial charge in [0, 0.05) is 45.0 Å². The van der Waals surface area contributed by atoms with Crippen molar-refractivity contribution in [2.24, 2.45) is 12.0 Å². The van der Waals surface area contributed by atoms with Gasteiger partial charge in [0.15, 0.2) is 5.96 Å². The summed E-state index contributed by atoms with van der Waals surface area (Å²) in [5.41, 5.74) is 3.05. The van der Waals surface area contributed by atoms with E-state index in [0.29, 0.717) is 19.1 Å². The molecule has 1 heterocycles. The van der Waals surface area contributed by atoms with Crippen LogP contribution in [0.15, 0.2) is 4.99 Å². The van der Waals surface area contributed by atoms with E-state index < -0.39 is 5.60 Å². The van der Waals surface area contributed by atoms with Crippen LogP contribution in [0.3, 0.4) is 0 Å². The largest absolute Gasteiger partial charge is 0.444 e. The molecule has 1 amide bonds. The SMILES string of the molecule is CN=C(NCCN(C(=O)OC(C)(C)C)C1CC1)NC(C)Cc1c(C)nn(C)c1C.I. The third-order valence-corrected chi connectivity index (χ3v) is 5.04. The summed E-state index contributed by atoms with van der Waals surface area (Å²) in [6.45, 7) is 13.2. The number of hydrogen-bond acceptors (Lipinski definition) is 4. The lowest BCUT2D eigenvalue weighted by Crippen LogP contribution is -2.47. The Labute approximate surface area is 198 Å². The van der Waals surface area contributed by atoms with Crippen LogP contribution in [-0.2, 0) is 18.2 Å². The fraction of sp³-hybridized carbons (Fsp3) is 0.762. The molecule has 1 atom stereocenters. The maximum atomic E-state index is 12.5. The highest BCUT2D eigenvalue weighted by atomic mass is 127. The summed E-state index contributed by atoms with van der Waals surface area (Å²) in [6, 6.07) is 0.505. The zero-order valence-corrected chi connectivity index (χ0v) is 22.0. The molecular formula is C21H39IN6O2. The van der Waals surface area contributed by atoms with Crippen molar-refractivity contribution in [1.29, 1.82) is 0 Å². The Hall–Kier alpha value is -1.52. The van der Waals surface area contributed by atoms with Gasteiger partial charge in [-0.2, -0.15) is 5.10 Å². The van der Waals surface area contributed by atoms with Gasteiger partial charge in [0.05, 0.1) is 5.69 Å². The number of ether oxygens (including phenoxy) is 1. The number of aliphatic imine (C=N–C) groups is 1. The average molecular weight is 534 g/mol. The van der Waals surface area contributed by atoms with E-state index in [0.717, 1.165) is 30.9 Å². The lowest BCUT2D eigenvalue weighted by atomic mass is 10.1. The minimum atomic E-state index is -0.479. The molecular weight excluding hydrogens is 495 g/mol. The molecule has 1 aromatic heterocycles. The van der Waals surface area contributed by atoms with E-state index in [-0.39, 0.29) is 36.1 Å². The van der Waals surface area contributed by atoms with E-state index in [1.165, 1.54) is 11.3 Å². The van der Waals surface area contributed by atoms with Crippen molar-refractivity contribution in [2.45, 2.75) is 78.5 Å². The van der Waals surface area contributed by atoms with Gasteiger partial charge >= 0.3 is 6.09 Å². The number of guanidine groups is 1. The van der Waals surface area contributed by atoms with Crippen molar-refractivity contribution >= 4 is 36.0 Å². The summed E-state index contributed by atoms with van der Waals surface area (Å²) >= 11 is 0. The summed E-state index contributed by atoms with van der Waals surface area (Å²) in [5.74, 6) is 0.733. The average Bonchev–Trinajstić information content (AvgIpc) is 3.41. The molecule has 1 aliphatic carbocycles. The Bertz CT molecular complexity index is 737. The molecule has 0 radical (unpaired) electrons. The maximum Gasteiger partial charge on any atom is 0.410 e. The predicted molar refractivity (Wildman–Crippen MR) is 132 cm³/mol. The summed E-state index contributed by atoms with van der Waals surface area (Å²) in [7, 11) is 3.73. The van der Waals surface area contributed by atoms with Crippen LogP contribution in [0, 0.1) is 13.8 Å². The van der Waals surface area contributed by atoms with Gasteiger partial charge in [-0.1, -0.05) is 0 Å². The van der Waals surface area contributed by atoms with Gasteiger partial charge in [-0.15, -0.1) is 24.0 Å². The van der Waals surface area contributed by atoms with Crippen LogP contribution in [0.25, 0.3) is 0 Å². The second-order valence-corrected chi connectivity index (χ2v) is 8.93. The molecule has 1 saturated carbocycles. The molecule has 1 unspecified atom stereocenters. The second-order valence-electron chi connectivity index (χ2n) is 8.93. The molecule has 30 heavy (non-hydrogen) atoms. The molecule has 2 rings (SSSR count). The number of nitrogens with one attached hydrogen (secondary N) is 2. The van der Waals surface area contributed by atoms with E-state index in [1.807, 2.05) is 44.3 Å². The smallest absolute Gasteiger partial charge is 0.410 e. The number of hydrogen-bond donors (Lipinski definition) is 2. The van der Waals surface area contributed by atoms with Gasteiger partial charge in [-0.05, 0) is 66.4 Å². The van der Waals surface area contributed by atoms with Crippen molar-refractivity contribution in [3.05, 3.63) is 17.0 Å². The Morgan fingerprint density at radius 2 is 2.00 bits per heavy atom. The molecule has 0 saturated heterocycles. The molecule has 9 heteroatoms. The zero-order valence-electron chi connectivity index (χ0n) is 19.7. The van der Waals surface area contributed by atoms with Crippen LogP contribution < -0.4 is 10.6 Å². The van der Waals surface area contributed by atoms with Gasteiger partial charge in [0.1, 0.15) is 5.60 Å². The third-order valence-electron chi connectivity index (χ3n) is 5.04. The zero-order chi connectivity index (χ0) is 21.8. The first-order valence-corrected chi connectivity index (χ1v) is 10.5. The van der Waals surface area contributed by atoms with Crippen LogP contribution >= 0.6 is 24.0 Å². The lowest BCUT2D eigenvalue weighted by molar-refractivity contribution is 0.0238. The van der Waals surface area contributed by atoms with Crippen molar-refractivity contribution in [1.82, 2.24) is 25.3 Å². The minimum absolute atomic E-state index is 0. The Balaban J connectivity index is 0.00000450. The normalized spacial score (nSPS) is 15.3. The number of halogens is 1. The van der Waals surface area contributed by atoms with E-state index in [4.69, 9.17) is 4.74 Å². The molecule has 2 N–H and O–H groups in total. The van der Waals surface area contributed by atoms with Crippen molar-refractivity contribution < 1.29 is 9.53 Å². The number of aromatic nitrogens is 2. The molecule has 0 aliphatic heterocycles. The quantitative estimate of drug-likeness (QED) is 0.319. The van der Waals surface area contributed by atoms with Crippen LogP contribution in [0.5, 0.6) is 0 Å². The Morgan fingerprint density at radius 1 is 1.37 bits per heavy atom. The number of aryl methyl sites for hydroxylation is 2. The number of nitrogens with zero attached hydrogens (tertiary/aromatic N) is 4. The summed E-state index contributed by atoms with van der Waals surface area (Å²) in [5, 5.41) is 11.2. The maximum absolute atomic E-state index is 12.5. The monoisotopic (exact) mass is 534 g/mol. The van der Waals surface area contributed by atoms with Crippen molar-refractivity contribution in [3.8, 4) is 0 Å². The standard InChI is InChI=1S/C21H38N6O2.HI/c1-14(13-18-15(2)25-26(8)16(18)3)24-19(22-7)23-11-12-27(17-9-10-17)20(28)29-21(4,5)6;/h14,17H,9-13H2,1-8H3,(H2,22,23,24);1H. The number of rotatable bonds is 7. The van der Waals surface area contributed by atoms with Crippen molar-refractivity contribution in [2.75, 3.05) is 20.1 Å². The summed E-state index contributed by atoms with van der Waals surface area (Å²) < 4.78 is 7.47. The summed E-state index contributed by atoms with van der Waals surface area (Å²) in [4.78, 5) is 18.6. The molecule has 8 nitrogen and oxygen atoms in total. The Kier molecular flexibility index (Phi) is 9.90. The van der Waals surface area contributed by atoms with E-state index in [9.17, 15) is 4.79 Å². The van der Waals surface area contributed by atoms with Crippen molar-refractivity contribution in [3.63, 3.8) is 0 Å². The highest BCUT2D eigenvalue weighted by Gasteiger charge is 2.34. The highest BCUT2D eigenvalue weighted by molar-refractivity contribution is 14.0. The first-order chi connectivity index (χ1) is 13.5. The number of carbonyl (C=O) groups is 1. The lowest BCUT2D eigenvalue weighted by Gasteiger charge is -2.28. The first kappa shape index (κ1) is 26.5. The van der Waals surface area contributed by atoms with Crippen LogP contribution in [0.1, 0.15) is 57.5 Å². The van der Waals surface area contributed by atoms with Crippen LogP contribution in [0.2, 0.25) is 0 Å². The Morgan fingerprint density at radius 3 is 2.47 bits per heavy atom. The molecule has 0 spiro atoms. The van der Waals surface area contributed by atoms with Crippen LogP contribution in [-0.4, -0.2) is 64.6 Å². The van der Waals surface area contributed by atoms with E-state index >= 15 is 0 Å². The molecule has 172 valence electrons. The fourth-order valence-corrected chi connectivity index (χ4v) is 3.32. The topological polar surface area (TPSA) is 83.8 Å². The van der Waals surface area contributed by atoms with Gasteiger partial charge in [-0.25, -0.2) is 4.79 Å². The molecule has 1 aromatic rings. The molecule has 1 aliphatic rings. The summed E-state index contributed by atoms with van der Waals surface area (Å²) in [6.07, 6.45) is 2.74. The first-order valence-electron chi connectivity index (χ1n) is 10.5. The van der Waals surface area contributed by atoms with Gasteiger partial charge in [0.25, 0.3) is 0 Å². The molecule has 0 aromatic carbocycles. The number of carbonyl (C=O) groups excluding carboxylic acids is 1. The van der Waals surface area contributed by atoms with E-state index in [2.05, 4.69) is 34.6 Å². The predicted octanol–water partition coefficient (Wildman–Crippen LogP) is 3.15. The third kappa shape index (κ3) is 7.96. The van der Waals surface area contributed by atoms with Gasteiger partial charge in [0.2, 0.25) is 0 Å². The van der Waals surface area contributed by atoms with E-state index in [1.54, 1.807) is 7.05 Å². The second kappa shape index (κ2) is 11.2. The highest BCUT2D eigenvalue weighted by Crippen LogP contribution is 2.28. The van der Waals surface area contributed by atoms with Gasteiger partial charge < -0.3 is 20.3 Å². The number of amides is 1. The molecule has 1 fully saturated rings. The van der Waals surface area contributed by atoms with Gasteiger partial charge in [-0.3, -0.25) is 9.67 Å². The minimum Gasteiger partial charge on any atom is -0.444 e.